The fourth-order valence-corrected chi connectivity index (χ4v) is 2.16. The molecule has 0 aliphatic carbocycles. The summed E-state index contributed by atoms with van der Waals surface area (Å²) in [6.45, 7) is 0.437. The van der Waals surface area contributed by atoms with Crippen LogP contribution < -0.4 is 10.2 Å². The van der Waals surface area contributed by atoms with E-state index in [0.29, 0.717) is 28.9 Å². The van der Waals surface area contributed by atoms with Crippen LogP contribution >= 0.6 is 0 Å². The van der Waals surface area contributed by atoms with Crippen LogP contribution in [0.2, 0.25) is 0 Å². The summed E-state index contributed by atoms with van der Waals surface area (Å²) < 4.78 is 5.18. The minimum Gasteiger partial charge on any atom is -0.480 e. The lowest BCUT2D eigenvalue weighted by atomic mass is 10.1. The number of nitrogens with one attached hydrogen (secondary N) is 1. The van der Waals surface area contributed by atoms with E-state index in [4.69, 9.17) is 9.57 Å². The van der Waals surface area contributed by atoms with Gasteiger partial charge < -0.3 is 9.57 Å². The number of nitrogens with zero attached hydrogens (tertiary/aromatic N) is 2. The smallest absolute Gasteiger partial charge is 0.356 e. The van der Waals surface area contributed by atoms with Crippen molar-refractivity contribution in [1.82, 2.24) is 15.4 Å². The molecule has 0 aliphatic heterocycles. The van der Waals surface area contributed by atoms with Gasteiger partial charge in [-0.2, -0.15) is 0 Å². The molecular weight excluding hydrogens is 294 g/mol. The van der Waals surface area contributed by atoms with Gasteiger partial charge in [-0.3, -0.25) is 0 Å². The van der Waals surface area contributed by atoms with Crippen LogP contribution in [-0.2, 0) is 11.4 Å². The van der Waals surface area contributed by atoms with Gasteiger partial charge in [0.1, 0.15) is 6.33 Å². The number of ether oxygens (including phenoxy) is 1. The summed E-state index contributed by atoms with van der Waals surface area (Å²) >= 11 is 0. The number of hydroxylamine groups is 1. The summed E-state index contributed by atoms with van der Waals surface area (Å²) in [6.07, 6.45) is 1.42. The maximum absolute atomic E-state index is 12.1. The fraction of sp³-hybridized carbons (Fsp3) is 0.118. The summed E-state index contributed by atoms with van der Waals surface area (Å²) in [7, 11) is 1.52. The molecule has 0 fully saturated rings. The van der Waals surface area contributed by atoms with Gasteiger partial charge in [0.05, 0.1) is 30.1 Å². The van der Waals surface area contributed by atoms with Crippen LogP contribution in [0.4, 0.5) is 0 Å². The second kappa shape index (κ2) is 6.85. The summed E-state index contributed by atoms with van der Waals surface area (Å²) in [5.41, 5.74) is 4.78. The highest BCUT2D eigenvalue weighted by atomic mass is 16.7. The largest absolute Gasteiger partial charge is 0.480 e. The first-order valence-electron chi connectivity index (χ1n) is 7.04. The molecule has 116 valence electrons. The molecule has 0 radical (unpaired) electrons. The molecule has 0 bridgehead atoms. The van der Waals surface area contributed by atoms with Crippen molar-refractivity contribution in [2.75, 3.05) is 7.11 Å². The molecule has 3 aromatic rings. The molecule has 3 rings (SSSR count). The van der Waals surface area contributed by atoms with Crippen molar-refractivity contribution >= 4 is 16.9 Å². The van der Waals surface area contributed by atoms with Crippen molar-refractivity contribution in [1.29, 1.82) is 0 Å². The molecular formula is C17H15N3O3. The van der Waals surface area contributed by atoms with Crippen molar-refractivity contribution in [2.45, 2.75) is 6.54 Å². The van der Waals surface area contributed by atoms with Gasteiger partial charge in [0.15, 0.2) is 0 Å². The number of carbonyl (C=O) groups excluding carboxylic acids is 1. The van der Waals surface area contributed by atoms with Crippen molar-refractivity contribution in [3.05, 3.63) is 66.0 Å². The number of carbonyl (C=O) groups is 1. The third-order valence-electron chi connectivity index (χ3n) is 3.31. The van der Waals surface area contributed by atoms with E-state index >= 15 is 0 Å². The molecule has 0 amide bonds. The number of hydrogen-bond donors (Lipinski definition) is 1. The van der Waals surface area contributed by atoms with Crippen molar-refractivity contribution < 1.29 is 14.4 Å². The average Bonchev–Trinajstić information content (AvgIpc) is 2.61. The number of benzene rings is 2. The second-order valence-electron chi connectivity index (χ2n) is 4.81. The molecule has 1 aromatic heterocycles. The highest BCUT2D eigenvalue weighted by Crippen LogP contribution is 2.22. The van der Waals surface area contributed by atoms with Crippen LogP contribution in [0.25, 0.3) is 10.9 Å². The van der Waals surface area contributed by atoms with Gasteiger partial charge in [-0.15, -0.1) is 5.48 Å². The van der Waals surface area contributed by atoms with Gasteiger partial charge in [0.25, 0.3) is 0 Å². The van der Waals surface area contributed by atoms with E-state index in [1.165, 1.54) is 13.4 Å². The van der Waals surface area contributed by atoms with Gasteiger partial charge in [0, 0.05) is 0 Å². The van der Waals surface area contributed by atoms with E-state index in [2.05, 4.69) is 15.4 Å². The Labute approximate surface area is 133 Å². The fourth-order valence-electron chi connectivity index (χ4n) is 2.16. The summed E-state index contributed by atoms with van der Waals surface area (Å²) in [6, 6.07) is 14.7. The first-order valence-corrected chi connectivity index (χ1v) is 7.04. The zero-order valence-electron chi connectivity index (χ0n) is 12.5. The molecule has 0 spiro atoms. The maximum Gasteiger partial charge on any atom is 0.356 e. The zero-order chi connectivity index (χ0) is 16.1. The first-order chi connectivity index (χ1) is 11.3. The van der Waals surface area contributed by atoms with Crippen molar-refractivity contribution in [3.8, 4) is 5.88 Å². The Bertz CT molecular complexity index is 822. The van der Waals surface area contributed by atoms with Crippen molar-refractivity contribution in [3.63, 3.8) is 0 Å². The Kier molecular flexibility index (Phi) is 4.44. The Morgan fingerprint density at radius 3 is 2.74 bits per heavy atom. The highest BCUT2D eigenvalue weighted by Gasteiger charge is 2.11. The van der Waals surface area contributed by atoms with Crippen LogP contribution in [0.5, 0.6) is 5.88 Å². The standard InChI is InChI=1S/C17H15N3O3/c1-22-16-14-9-13(7-8-15(14)18-11-19-16)17(21)23-20-10-12-5-3-2-4-6-12/h2-9,11,20H,10H2,1H3. The van der Waals surface area contributed by atoms with Gasteiger partial charge in [-0.25, -0.2) is 14.8 Å². The van der Waals surface area contributed by atoms with Gasteiger partial charge in [0.2, 0.25) is 5.88 Å². The molecule has 0 unspecified atom stereocenters. The SMILES string of the molecule is COc1ncnc2ccc(C(=O)ONCc3ccccc3)cc12. The van der Waals surface area contributed by atoms with Crippen LogP contribution in [0.1, 0.15) is 15.9 Å². The lowest BCUT2D eigenvalue weighted by Crippen LogP contribution is -2.19. The molecule has 0 saturated carbocycles. The van der Waals surface area contributed by atoms with Crippen molar-refractivity contribution in [2.24, 2.45) is 0 Å². The van der Waals surface area contributed by atoms with Crippen LogP contribution in [0, 0.1) is 0 Å². The van der Waals surface area contributed by atoms with E-state index in [1.54, 1.807) is 18.2 Å². The molecule has 6 nitrogen and oxygen atoms in total. The normalized spacial score (nSPS) is 10.5. The second-order valence-corrected chi connectivity index (χ2v) is 4.81. The minimum absolute atomic E-state index is 0.395. The first kappa shape index (κ1) is 14.9. The van der Waals surface area contributed by atoms with E-state index < -0.39 is 5.97 Å². The lowest BCUT2D eigenvalue weighted by Gasteiger charge is -2.07. The van der Waals surface area contributed by atoms with Gasteiger partial charge >= 0.3 is 5.97 Å². The molecule has 1 N–H and O–H groups in total. The zero-order valence-corrected chi connectivity index (χ0v) is 12.5. The number of rotatable bonds is 5. The summed E-state index contributed by atoms with van der Waals surface area (Å²) in [4.78, 5) is 25.4. The Morgan fingerprint density at radius 2 is 1.96 bits per heavy atom. The minimum atomic E-state index is -0.478. The third-order valence-corrected chi connectivity index (χ3v) is 3.31. The molecule has 6 heteroatoms. The van der Waals surface area contributed by atoms with E-state index in [9.17, 15) is 4.79 Å². The molecule has 2 aromatic carbocycles. The maximum atomic E-state index is 12.1. The van der Waals surface area contributed by atoms with E-state index in [0.717, 1.165) is 5.56 Å². The lowest BCUT2D eigenvalue weighted by molar-refractivity contribution is 0.0237. The Balaban J connectivity index is 1.71. The molecule has 23 heavy (non-hydrogen) atoms. The highest BCUT2D eigenvalue weighted by molar-refractivity contribution is 5.95. The number of methoxy groups -OCH3 is 1. The molecule has 0 atom stereocenters. The summed E-state index contributed by atoms with van der Waals surface area (Å²) in [5, 5.41) is 0.660. The van der Waals surface area contributed by atoms with Gasteiger partial charge in [-0.1, -0.05) is 30.3 Å². The topological polar surface area (TPSA) is 73.3 Å². The molecule has 0 aliphatic rings. The van der Waals surface area contributed by atoms with Gasteiger partial charge in [-0.05, 0) is 23.8 Å². The third kappa shape index (κ3) is 3.44. The van der Waals surface area contributed by atoms with Crippen LogP contribution in [-0.4, -0.2) is 23.0 Å². The molecule has 0 saturated heterocycles. The summed E-state index contributed by atoms with van der Waals surface area (Å²) in [5.74, 6) is -0.0596. The Hall–Kier alpha value is -2.99. The number of fused-ring (bicyclic) bond motifs is 1. The average molecular weight is 309 g/mol. The van der Waals surface area contributed by atoms with Crippen LogP contribution in [0.15, 0.2) is 54.9 Å². The monoisotopic (exact) mass is 309 g/mol. The quantitative estimate of drug-likeness (QED) is 0.730. The van der Waals surface area contributed by atoms with E-state index in [-0.39, 0.29) is 0 Å². The predicted octanol–water partition coefficient (Wildman–Crippen LogP) is 2.50. The predicted molar refractivity (Wildman–Crippen MR) is 84.8 cm³/mol. The Morgan fingerprint density at radius 1 is 1.13 bits per heavy atom. The molecule has 1 heterocycles. The van der Waals surface area contributed by atoms with E-state index in [1.807, 2.05) is 30.3 Å². The number of hydrogen-bond acceptors (Lipinski definition) is 6. The number of aromatic nitrogens is 2. The van der Waals surface area contributed by atoms with Crippen LogP contribution in [0.3, 0.4) is 0 Å².